The Morgan fingerprint density at radius 1 is 0.402 bits per heavy atom. The van der Waals surface area contributed by atoms with Crippen LogP contribution in [0.25, 0.3) is 0 Å². The molecule has 82 heavy (non-hydrogen) atoms. The molecule has 0 fully saturated rings. The van der Waals surface area contributed by atoms with E-state index in [-0.39, 0.29) is 86.2 Å². The molecule has 0 spiro atoms. The number of carbonyl (C=O) groups is 6. The first-order valence-corrected chi connectivity index (χ1v) is 27.5. The lowest BCUT2D eigenvalue weighted by Crippen LogP contribution is -2.30. The van der Waals surface area contributed by atoms with Crippen molar-refractivity contribution in [2.24, 2.45) is 0 Å². The van der Waals surface area contributed by atoms with Gasteiger partial charge in [0.2, 0.25) is 23.3 Å². The van der Waals surface area contributed by atoms with Crippen LogP contribution in [0, 0.1) is 0 Å². The topological polar surface area (TPSA) is 212 Å². The van der Waals surface area contributed by atoms with Gasteiger partial charge in [-0.15, -0.1) is 0 Å². The number of carbonyl (C=O) groups excluding carboxylic acids is 6. The number of hydrogen-bond acceptors (Lipinski definition) is 12. The van der Waals surface area contributed by atoms with Crippen LogP contribution in [-0.2, 0) is 61.7 Å². The highest BCUT2D eigenvalue weighted by Crippen LogP contribution is 2.40. The first-order valence-electron chi connectivity index (χ1n) is 26.7. The summed E-state index contributed by atoms with van der Waals surface area (Å²) in [6.07, 6.45) is 2.29. The lowest BCUT2D eigenvalue weighted by molar-refractivity contribution is -0.133. The van der Waals surface area contributed by atoms with Crippen molar-refractivity contribution >= 4 is 58.6 Å². The fourth-order valence-electron chi connectivity index (χ4n) is 10.0. The van der Waals surface area contributed by atoms with E-state index in [1.165, 1.54) is 42.7 Å². The van der Waals surface area contributed by atoms with Crippen molar-refractivity contribution < 1.29 is 57.2 Å². The van der Waals surface area contributed by atoms with Gasteiger partial charge >= 0.3 is 0 Å². The second-order valence-corrected chi connectivity index (χ2v) is 20.6. The van der Waals surface area contributed by atoms with Crippen molar-refractivity contribution in [3.63, 3.8) is 0 Å². The van der Waals surface area contributed by atoms with E-state index in [1.807, 2.05) is 24.3 Å². The molecule has 4 N–H and O–H groups in total. The number of amides is 6. The fourth-order valence-corrected chi connectivity index (χ4v) is 10.3. The molecule has 2 aliphatic rings. The third-order valence-electron chi connectivity index (χ3n) is 14.4. The number of hydrogen-bond donors (Lipinski definition) is 4. The molecule has 6 aromatic rings. The van der Waals surface area contributed by atoms with E-state index < -0.39 is 23.6 Å². The van der Waals surface area contributed by atoms with Crippen LogP contribution in [0.4, 0.5) is 0 Å². The number of rotatable bonds is 25. The minimum Gasteiger partial charge on any atom is -0.493 e. The van der Waals surface area contributed by atoms with Gasteiger partial charge in [0, 0.05) is 75.2 Å². The molecule has 0 aromatic heterocycles. The maximum absolute atomic E-state index is 14.0. The molecule has 430 valence electrons. The third kappa shape index (κ3) is 14.5. The zero-order valence-electron chi connectivity index (χ0n) is 46.7. The van der Waals surface area contributed by atoms with Gasteiger partial charge in [-0.1, -0.05) is 47.5 Å². The molecule has 20 heteroatoms. The number of fused-ring (bicyclic) bond motifs is 2. The zero-order chi connectivity index (χ0) is 58.5. The third-order valence-corrected chi connectivity index (χ3v) is 14.9. The molecule has 0 atom stereocenters. The van der Waals surface area contributed by atoms with Gasteiger partial charge in [-0.3, -0.25) is 28.8 Å². The van der Waals surface area contributed by atoms with Gasteiger partial charge in [0.05, 0.1) is 64.9 Å². The second kappa shape index (κ2) is 27.8. The summed E-state index contributed by atoms with van der Waals surface area (Å²) in [5, 5.41) is 13.0. The molecule has 0 bridgehead atoms. The fraction of sp³-hybridized carbons (Fsp3) is 0.323. The van der Waals surface area contributed by atoms with E-state index in [1.54, 1.807) is 82.6 Å². The Labute approximate surface area is 486 Å². The molecule has 0 saturated carbocycles. The Bertz CT molecular complexity index is 3080. The summed E-state index contributed by atoms with van der Waals surface area (Å²) in [6, 6.07) is 28.3. The molecule has 0 aliphatic carbocycles. The SMILES string of the molecule is COc1cc(CNC(=O)c2cc3c(cc2C(=O)NCCc2ccc(Cl)cc2)CN(C(=O)CCCCC(=O)N2Cc4cc(C(=O)NCCc5ccc(Cl)cc5)c(C(=O)NCc5cc(OC)c(OC)c(OC)c5)cc4C2)C3)cc(OC)c1OC. The van der Waals surface area contributed by atoms with Crippen molar-refractivity contribution in [1.29, 1.82) is 0 Å². The van der Waals surface area contributed by atoms with Crippen LogP contribution in [0.2, 0.25) is 10.0 Å². The molecule has 0 saturated heterocycles. The summed E-state index contributed by atoms with van der Waals surface area (Å²) in [7, 11) is 9.02. The van der Waals surface area contributed by atoms with Gasteiger partial charge < -0.3 is 59.5 Å². The number of unbranched alkanes of at least 4 members (excludes halogenated alkanes) is 1. The van der Waals surface area contributed by atoms with Gasteiger partial charge in [0.25, 0.3) is 23.6 Å². The van der Waals surface area contributed by atoms with E-state index in [2.05, 4.69) is 21.3 Å². The Balaban J connectivity index is 0.895. The van der Waals surface area contributed by atoms with Crippen molar-refractivity contribution in [3.8, 4) is 34.5 Å². The molecule has 8 rings (SSSR count). The number of nitrogens with one attached hydrogen (secondary N) is 4. The zero-order valence-corrected chi connectivity index (χ0v) is 48.2. The molecule has 2 aliphatic heterocycles. The average Bonchev–Trinajstić information content (AvgIpc) is 4.14. The van der Waals surface area contributed by atoms with Crippen LogP contribution in [0.1, 0.15) is 112 Å². The monoisotopic (exact) mass is 1160 g/mol. The quantitative estimate of drug-likeness (QED) is 0.0396. The highest BCUT2D eigenvalue weighted by molar-refractivity contribution is 6.30. The Morgan fingerprint density at radius 2 is 0.695 bits per heavy atom. The van der Waals surface area contributed by atoms with Gasteiger partial charge in [0.1, 0.15) is 0 Å². The minimum absolute atomic E-state index is 0.0782. The molecule has 2 heterocycles. The highest BCUT2D eigenvalue weighted by atomic mass is 35.5. The van der Waals surface area contributed by atoms with E-state index in [9.17, 15) is 28.8 Å². The number of nitrogens with zero attached hydrogens (tertiary/aromatic N) is 2. The van der Waals surface area contributed by atoms with Crippen LogP contribution in [0.5, 0.6) is 34.5 Å². The average molecular weight is 1160 g/mol. The van der Waals surface area contributed by atoms with Crippen LogP contribution in [0.15, 0.2) is 97.1 Å². The van der Waals surface area contributed by atoms with Crippen molar-refractivity contribution in [2.75, 3.05) is 55.7 Å². The Hall–Kier alpha value is -8.48. The summed E-state index contributed by atoms with van der Waals surface area (Å²) >= 11 is 12.1. The predicted octanol–water partition coefficient (Wildman–Crippen LogP) is 8.80. The van der Waals surface area contributed by atoms with Gasteiger partial charge in [-0.2, -0.15) is 0 Å². The standard InChI is InChI=1S/C62H66Cl2N6O12/c1-77-51-23-39(24-52(78-2)57(51)81-5)31-67-61(75)49-29-43-35-69(33-41(43)27-47(49)59(73)65-21-19-37-11-15-45(63)16-12-37)55(71)9-7-8-10-56(72)70-34-42-28-48(60(74)66-22-20-38-13-17-46(64)18-14-38)50(30-44(42)36-70)62(76)68-32-40-25-53(79-3)58(82-6)54(26-40)80-4/h11-18,23-30H,7-10,19-22,31-36H2,1-6H3,(H,65,73)(H,66,74)(H,67,75)(H,68,76). The van der Waals surface area contributed by atoms with E-state index in [0.717, 1.165) is 33.4 Å². The van der Waals surface area contributed by atoms with Crippen LogP contribution < -0.4 is 49.7 Å². The van der Waals surface area contributed by atoms with E-state index in [4.69, 9.17) is 51.6 Å². The summed E-state index contributed by atoms with van der Waals surface area (Å²) in [4.78, 5) is 86.8. The summed E-state index contributed by atoms with van der Waals surface area (Å²) < 4.78 is 32.9. The van der Waals surface area contributed by atoms with Crippen LogP contribution in [-0.4, -0.2) is 101 Å². The molecule has 0 radical (unpaired) electrons. The Kier molecular flexibility index (Phi) is 20.2. The molecule has 6 amide bonds. The molecule has 18 nitrogen and oxygen atoms in total. The van der Waals surface area contributed by atoms with Gasteiger partial charge in [0.15, 0.2) is 23.0 Å². The first kappa shape index (κ1) is 59.6. The minimum atomic E-state index is -0.489. The van der Waals surface area contributed by atoms with Crippen LogP contribution >= 0.6 is 23.2 Å². The Morgan fingerprint density at radius 3 is 0.976 bits per heavy atom. The summed E-state index contributed by atoms with van der Waals surface area (Å²) in [5.74, 6) is 0.384. The van der Waals surface area contributed by atoms with Crippen molar-refractivity contribution in [2.45, 2.75) is 77.8 Å². The van der Waals surface area contributed by atoms with Gasteiger partial charge in [-0.05, 0) is 143 Å². The van der Waals surface area contributed by atoms with Gasteiger partial charge in [-0.25, -0.2) is 0 Å². The molecule has 0 unspecified atom stereocenters. The maximum Gasteiger partial charge on any atom is 0.252 e. The number of ether oxygens (including phenoxy) is 6. The number of methoxy groups -OCH3 is 6. The largest absolute Gasteiger partial charge is 0.493 e. The van der Waals surface area contributed by atoms with Crippen LogP contribution in [0.3, 0.4) is 0 Å². The predicted molar refractivity (Wildman–Crippen MR) is 309 cm³/mol. The normalized spacial score (nSPS) is 12.2. The van der Waals surface area contributed by atoms with Crippen molar-refractivity contribution in [3.05, 3.63) is 174 Å². The lowest BCUT2D eigenvalue weighted by Gasteiger charge is -2.17. The van der Waals surface area contributed by atoms with E-state index in [0.29, 0.717) is 94.4 Å². The van der Waals surface area contributed by atoms with Crippen molar-refractivity contribution in [1.82, 2.24) is 31.1 Å². The van der Waals surface area contributed by atoms with E-state index >= 15 is 0 Å². The summed E-state index contributed by atoms with van der Waals surface area (Å²) in [6.45, 7) is 1.71. The molecule has 6 aromatic carbocycles. The highest BCUT2D eigenvalue weighted by Gasteiger charge is 2.31. The maximum atomic E-state index is 14.0. The number of benzene rings is 6. The first-order chi connectivity index (χ1) is 39.6. The lowest BCUT2D eigenvalue weighted by atomic mass is 9.98. The molecular weight excluding hydrogens is 1090 g/mol. The summed E-state index contributed by atoms with van der Waals surface area (Å²) in [5.41, 5.74) is 6.93. The second-order valence-electron chi connectivity index (χ2n) is 19.7. The number of halogens is 2. The molecular formula is C62H66Cl2N6O12. The smallest absolute Gasteiger partial charge is 0.252 e.